The molecule has 4 aromatic rings. The van der Waals surface area contributed by atoms with Crippen LogP contribution in [0.25, 0.3) is 16.9 Å². The number of rotatable bonds is 1. The van der Waals surface area contributed by atoms with Gasteiger partial charge in [-0.1, -0.05) is 0 Å². The maximum absolute atomic E-state index is 14.9. The standard InChI is InChI=1S/C23H17F2N5O4/c1-11-4-13(24)6-26-20(11)14-5-18-22(30-10-27-28-21(14)30)29(23(31)32)7-15-16(25)2-3-17-19(15)12(8-33-17)9-34-18/h2-6,10,12H,7-9H2,1H3,(H,31,32)/t12-/m0/s1. The SMILES string of the molecule is Cc1cc(F)cnc1-c1cc2c(n3cnnc13)N(C(=O)O)Cc1c(F)ccc3c1[C@@H](CO3)CO2. The van der Waals surface area contributed by atoms with Crippen LogP contribution in [0.1, 0.15) is 22.6 Å². The second-order valence-corrected chi connectivity index (χ2v) is 8.21. The third kappa shape index (κ3) is 2.96. The zero-order chi connectivity index (χ0) is 23.6. The first-order valence-electron chi connectivity index (χ1n) is 10.5. The molecule has 11 heteroatoms. The number of nitrogens with zero attached hydrogens (tertiary/aromatic N) is 5. The van der Waals surface area contributed by atoms with Crippen LogP contribution in [0.2, 0.25) is 0 Å². The molecule has 0 aliphatic carbocycles. The van der Waals surface area contributed by atoms with E-state index in [4.69, 9.17) is 9.47 Å². The van der Waals surface area contributed by atoms with Crippen LogP contribution < -0.4 is 14.4 Å². The molecule has 2 aliphatic rings. The smallest absolute Gasteiger partial charge is 0.413 e. The van der Waals surface area contributed by atoms with Crippen LogP contribution in [0.3, 0.4) is 0 Å². The number of pyridine rings is 2. The number of amides is 1. The Morgan fingerprint density at radius 3 is 2.74 bits per heavy atom. The molecule has 0 unspecified atom stereocenters. The minimum Gasteiger partial charge on any atom is -0.493 e. The molecule has 34 heavy (non-hydrogen) atoms. The lowest BCUT2D eigenvalue weighted by Gasteiger charge is -2.24. The molecule has 0 saturated carbocycles. The monoisotopic (exact) mass is 465 g/mol. The molecule has 9 nitrogen and oxygen atoms in total. The van der Waals surface area contributed by atoms with Crippen LogP contribution >= 0.6 is 0 Å². The van der Waals surface area contributed by atoms with E-state index in [0.29, 0.717) is 33.8 Å². The van der Waals surface area contributed by atoms with Gasteiger partial charge in [0.05, 0.1) is 37.6 Å². The summed E-state index contributed by atoms with van der Waals surface area (Å²) in [6, 6.07) is 5.78. The van der Waals surface area contributed by atoms with Gasteiger partial charge in [0.1, 0.15) is 23.7 Å². The van der Waals surface area contributed by atoms with Crippen molar-refractivity contribution in [3.8, 4) is 22.8 Å². The van der Waals surface area contributed by atoms with Gasteiger partial charge in [0.2, 0.25) is 0 Å². The summed E-state index contributed by atoms with van der Waals surface area (Å²) in [5.41, 5.74) is 2.65. The molecular formula is C23H17F2N5O4. The first-order chi connectivity index (χ1) is 16.4. The summed E-state index contributed by atoms with van der Waals surface area (Å²) >= 11 is 0. The molecule has 1 N–H and O–H groups in total. The molecule has 3 aromatic heterocycles. The Kier molecular flexibility index (Phi) is 4.41. The van der Waals surface area contributed by atoms with E-state index in [2.05, 4.69) is 15.2 Å². The zero-order valence-corrected chi connectivity index (χ0v) is 17.8. The van der Waals surface area contributed by atoms with Gasteiger partial charge >= 0.3 is 6.09 Å². The van der Waals surface area contributed by atoms with Crippen LogP contribution in [-0.2, 0) is 6.54 Å². The third-order valence-corrected chi connectivity index (χ3v) is 6.16. The number of hydrogen-bond donors (Lipinski definition) is 1. The minimum atomic E-state index is -1.31. The third-order valence-electron chi connectivity index (χ3n) is 6.16. The highest BCUT2D eigenvalue weighted by atomic mass is 19.1. The topological polar surface area (TPSA) is 102 Å². The maximum Gasteiger partial charge on any atom is 0.413 e. The van der Waals surface area contributed by atoms with Crippen molar-refractivity contribution < 1.29 is 28.2 Å². The van der Waals surface area contributed by atoms with Gasteiger partial charge in [-0.25, -0.2) is 13.6 Å². The second kappa shape index (κ2) is 7.37. The molecule has 1 aromatic carbocycles. The van der Waals surface area contributed by atoms with Gasteiger partial charge in [0.15, 0.2) is 17.2 Å². The van der Waals surface area contributed by atoms with Crippen LogP contribution in [0, 0.1) is 18.6 Å². The van der Waals surface area contributed by atoms with Crippen molar-refractivity contribution >= 4 is 17.6 Å². The van der Waals surface area contributed by atoms with Gasteiger partial charge in [-0.3, -0.25) is 14.3 Å². The summed E-state index contributed by atoms with van der Waals surface area (Å²) in [7, 11) is 0. The van der Waals surface area contributed by atoms with Crippen molar-refractivity contribution in [2.75, 3.05) is 18.1 Å². The van der Waals surface area contributed by atoms with E-state index in [0.717, 1.165) is 11.1 Å². The molecule has 0 saturated heterocycles. The molecular weight excluding hydrogens is 448 g/mol. The summed E-state index contributed by atoms with van der Waals surface area (Å²) in [4.78, 5) is 17.6. The number of aromatic nitrogens is 4. The molecule has 2 aliphatic heterocycles. The van der Waals surface area contributed by atoms with Gasteiger partial charge in [0, 0.05) is 16.7 Å². The van der Waals surface area contributed by atoms with E-state index >= 15 is 0 Å². The predicted octanol–water partition coefficient (Wildman–Crippen LogP) is 3.93. The Bertz CT molecular complexity index is 1490. The molecule has 1 amide bonds. The molecule has 5 heterocycles. The van der Waals surface area contributed by atoms with Crippen LogP contribution in [0.5, 0.6) is 11.5 Å². The zero-order valence-electron chi connectivity index (χ0n) is 17.8. The van der Waals surface area contributed by atoms with Crippen molar-refractivity contribution in [3.05, 3.63) is 65.1 Å². The Labute approximate surface area is 191 Å². The Morgan fingerprint density at radius 1 is 1.18 bits per heavy atom. The number of benzene rings is 1. The summed E-state index contributed by atoms with van der Waals surface area (Å²) in [6.07, 6.45) is 1.14. The van der Waals surface area contributed by atoms with Crippen LogP contribution in [0.4, 0.5) is 19.4 Å². The van der Waals surface area contributed by atoms with Gasteiger partial charge in [-0.05, 0) is 36.8 Å². The Balaban J connectivity index is 1.61. The van der Waals surface area contributed by atoms with E-state index in [-0.39, 0.29) is 42.8 Å². The molecule has 0 spiro atoms. The molecule has 6 rings (SSSR count). The highest BCUT2D eigenvalue weighted by molar-refractivity contribution is 5.90. The molecule has 0 radical (unpaired) electrons. The molecule has 0 bridgehead atoms. The lowest BCUT2D eigenvalue weighted by atomic mass is 9.95. The number of hydrogen-bond acceptors (Lipinski definition) is 6. The van der Waals surface area contributed by atoms with E-state index in [1.165, 1.54) is 22.9 Å². The molecule has 0 fully saturated rings. The maximum atomic E-state index is 14.9. The van der Waals surface area contributed by atoms with Crippen molar-refractivity contribution in [3.63, 3.8) is 0 Å². The number of halogens is 2. The average molecular weight is 465 g/mol. The number of fused-ring (bicyclic) bond motifs is 3. The van der Waals surface area contributed by atoms with Crippen LogP contribution in [0.15, 0.2) is 36.8 Å². The molecule has 172 valence electrons. The van der Waals surface area contributed by atoms with Crippen molar-refractivity contribution in [2.24, 2.45) is 0 Å². The second-order valence-electron chi connectivity index (χ2n) is 8.21. The first kappa shape index (κ1) is 20.3. The fraction of sp³-hybridized carbons (Fsp3) is 0.217. The average Bonchev–Trinajstić information content (AvgIpc) is 3.45. The Hall–Kier alpha value is -4.28. The number of carboxylic acid groups (broad SMARTS) is 1. The number of aryl methyl sites for hydroxylation is 1. The fourth-order valence-corrected chi connectivity index (χ4v) is 4.66. The first-order valence-corrected chi connectivity index (χ1v) is 10.5. The van der Waals surface area contributed by atoms with E-state index in [1.54, 1.807) is 19.1 Å². The predicted molar refractivity (Wildman–Crippen MR) is 115 cm³/mol. The summed E-state index contributed by atoms with van der Waals surface area (Å²) in [6.45, 7) is 1.86. The molecule has 1 atom stereocenters. The number of anilines is 1. The number of carbonyl (C=O) groups is 1. The minimum absolute atomic E-state index is 0.132. The lowest BCUT2D eigenvalue weighted by molar-refractivity contribution is 0.200. The van der Waals surface area contributed by atoms with Gasteiger partial charge in [0.25, 0.3) is 0 Å². The summed E-state index contributed by atoms with van der Waals surface area (Å²) < 4.78 is 41.9. The highest BCUT2D eigenvalue weighted by Crippen LogP contribution is 2.43. The van der Waals surface area contributed by atoms with Crippen LogP contribution in [-0.4, -0.2) is 44.0 Å². The van der Waals surface area contributed by atoms with Crippen molar-refractivity contribution in [1.29, 1.82) is 0 Å². The number of ether oxygens (including phenoxy) is 2. The van der Waals surface area contributed by atoms with Gasteiger partial charge < -0.3 is 14.6 Å². The largest absolute Gasteiger partial charge is 0.493 e. The Morgan fingerprint density at radius 2 is 1.97 bits per heavy atom. The summed E-state index contributed by atoms with van der Waals surface area (Å²) in [5, 5.41) is 18.2. The normalized spacial score (nSPS) is 16.7. The van der Waals surface area contributed by atoms with Crippen molar-refractivity contribution in [2.45, 2.75) is 19.4 Å². The quantitative estimate of drug-likeness (QED) is 0.454. The highest BCUT2D eigenvalue weighted by Gasteiger charge is 2.35. The lowest BCUT2D eigenvalue weighted by Crippen LogP contribution is -2.31. The summed E-state index contributed by atoms with van der Waals surface area (Å²) in [5.74, 6) is -0.417. The van der Waals surface area contributed by atoms with Crippen molar-refractivity contribution in [1.82, 2.24) is 19.6 Å². The van der Waals surface area contributed by atoms with E-state index in [1.807, 2.05) is 0 Å². The van der Waals surface area contributed by atoms with E-state index < -0.39 is 17.7 Å². The van der Waals surface area contributed by atoms with Gasteiger partial charge in [-0.15, -0.1) is 10.2 Å². The van der Waals surface area contributed by atoms with Gasteiger partial charge in [-0.2, -0.15) is 0 Å². The van der Waals surface area contributed by atoms with E-state index in [9.17, 15) is 18.7 Å². The fourth-order valence-electron chi connectivity index (χ4n) is 4.66.